The first-order valence-electron chi connectivity index (χ1n) is 11.6. The fraction of sp³-hybridized carbons (Fsp3) is 0.214. The maximum Gasteiger partial charge on any atom is 0.255 e. The van der Waals surface area contributed by atoms with E-state index in [1.165, 1.54) is 6.08 Å². The number of rotatable bonds is 11. The lowest BCUT2D eigenvalue weighted by Crippen LogP contribution is -2.14. The van der Waals surface area contributed by atoms with E-state index in [9.17, 15) is 9.59 Å². The topological polar surface area (TPSA) is 85.9 Å². The lowest BCUT2D eigenvalue weighted by molar-refractivity contribution is -0.111. The van der Waals surface area contributed by atoms with Crippen molar-refractivity contribution in [3.05, 3.63) is 83.9 Å². The van der Waals surface area contributed by atoms with Crippen molar-refractivity contribution in [3.63, 3.8) is 0 Å². The Kier molecular flexibility index (Phi) is 9.31. The van der Waals surface area contributed by atoms with Crippen molar-refractivity contribution in [2.24, 2.45) is 0 Å². The molecule has 0 spiro atoms. The van der Waals surface area contributed by atoms with E-state index < -0.39 is 0 Å². The number of benzene rings is 3. The zero-order valence-corrected chi connectivity index (χ0v) is 20.2. The van der Waals surface area contributed by atoms with Gasteiger partial charge in [-0.1, -0.05) is 30.3 Å². The van der Waals surface area contributed by atoms with Crippen LogP contribution in [0.1, 0.15) is 36.7 Å². The Morgan fingerprint density at radius 2 is 1.31 bits per heavy atom. The van der Waals surface area contributed by atoms with Gasteiger partial charge < -0.3 is 24.8 Å². The predicted octanol–water partition coefficient (Wildman–Crippen LogP) is 5.79. The second kappa shape index (κ2) is 12.8. The summed E-state index contributed by atoms with van der Waals surface area (Å²) >= 11 is 0. The molecule has 0 aromatic heterocycles. The van der Waals surface area contributed by atoms with Gasteiger partial charge in [0.1, 0.15) is 17.2 Å². The van der Waals surface area contributed by atoms with Gasteiger partial charge in [0.15, 0.2) is 0 Å². The SMILES string of the molecule is CCOc1ccc(/C=C/C(=O)Nc2cc(OCC)c(NC(=O)c3ccccc3)cc2OCC)cc1. The van der Waals surface area contributed by atoms with Gasteiger partial charge in [-0.3, -0.25) is 9.59 Å². The standard InChI is InChI=1S/C28H30N2O5/c1-4-33-22-15-12-20(13-16-22)14-17-27(31)29-23-18-26(35-6-3)24(19-25(23)34-5-2)30-28(32)21-10-8-7-9-11-21/h7-19H,4-6H2,1-3H3,(H,29,31)(H,30,32)/b17-14+. The van der Waals surface area contributed by atoms with E-state index in [0.717, 1.165) is 11.3 Å². The van der Waals surface area contributed by atoms with E-state index in [0.29, 0.717) is 48.3 Å². The Hall–Kier alpha value is -4.26. The molecule has 2 N–H and O–H groups in total. The molecule has 0 aliphatic heterocycles. The van der Waals surface area contributed by atoms with E-state index in [4.69, 9.17) is 14.2 Å². The first-order chi connectivity index (χ1) is 17.0. The number of ether oxygens (including phenoxy) is 3. The van der Waals surface area contributed by atoms with Crippen LogP contribution in [-0.2, 0) is 4.79 Å². The highest BCUT2D eigenvalue weighted by Gasteiger charge is 2.16. The van der Waals surface area contributed by atoms with Crippen molar-refractivity contribution in [2.45, 2.75) is 20.8 Å². The van der Waals surface area contributed by atoms with Crippen molar-refractivity contribution < 1.29 is 23.8 Å². The molecular formula is C28H30N2O5. The molecule has 0 heterocycles. The number of hydrogen-bond acceptors (Lipinski definition) is 5. The van der Waals surface area contributed by atoms with Crippen molar-refractivity contribution in [2.75, 3.05) is 30.5 Å². The van der Waals surface area contributed by atoms with Gasteiger partial charge in [-0.15, -0.1) is 0 Å². The third kappa shape index (κ3) is 7.37. The highest BCUT2D eigenvalue weighted by atomic mass is 16.5. The second-order valence-electron chi connectivity index (χ2n) is 7.36. The van der Waals surface area contributed by atoms with E-state index in [-0.39, 0.29) is 11.8 Å². The molecule has 3 rings (SSSR count). The number of hydrogen-bond donors (Lipinski definition) is 2. The molecule has 0 aliphatic carbocycles. The zero-order valence-electron chi connectivity index (χ0n) is 20.2. The molecule has 0 unspecified atom stereocenters. The van der Waals surface area contributed by atoms with E-state index >= 15 is 0 Å². The van der Waals surface area contributed by atoms with Crippen LogP contribution in [0.25, 0.3) is 6.08 Å². The van der Waals surface area contributed by atoms with E-state index in [1.807, 2.05) is 51.1 Å². The summed E-state index contributed by atoms with van der Waals surface area (Å²) in [5, 5.41) is 5.71. The van der Waals surface area contributed by atoms with Gasteiger partial charge in [0.25, 0.3) is 5.91 Å². The molecule has 0 saturated heterocycles. The van der Waals surface area contributed by atoms with Crippen LogP contribution in [0.5, 0.6) is 17.2 Å². The second-order valence-corrected chi connectivity index (χ2v) is 7.36. The summed E-state index contributed by atoms with van der Waals surface area (Å²) in [6.07, 6.45) is 3.15. The molecule has 182 valence electrons. The minimum Gasteiger partial charge on any atom is -0.494 e. The fourth-order valence-corrected chi connectivity index (χ4v) is 3.28. The lowest BCUT2D eigenvalue weighted by atomic mass is 10.2. The van der Waals surface area contributed by atoms with E-state index in [2.05, 4.69) is 10.6 Å². The third-order valence-electron chi connectivity index (χ3n) is 4.84. The van der Waals surface area contributed by atoms with Crippen LogP contribution in [0.3, 0.4) is 0 Å². The van der Waals surface area contributed by atoms with Crippen LogP contribution in [-0.4, -0.2) is 31.6 Å². The van der Waals surface area contributed by atoms with E-state index in [1.54, 1.807) is 42.5 Å². The first-order valence-corrected chi connectivity index (χ1v) is 11.6. The van der Waals surface area contributed by atoms with Gasteiger partial charge in [-0.25, -0.2) is 0 Å². The molecule has 0 aliphatic rings. The zero-order chi connectivity index (χ0) is 25.0. The fourth-order valence-electron chi connectivity index (χ4n) is 3.28. The minimum atomic E-state index is -0.330. The molecule has 3 aromatic carbocycles. The molecule has 7 nitrogen and oxygen atoms in total. The van der Waals surface area contributed by atoms with Gasteiger partial charge in [-0.2, -0.15) is 0 Å². The quantitative estimate of drug-likeness (QED) is 0.344. The molecule has 0 fully saturated rings. The number of nitrogens with one attached hydrogen (secondary N) is 2. The highest BCUT2D eigenvalue weighted by Crippen LogP contribution is 2.37. The monoisotopic (exact) mass is 474 g/mol. The van der Waals surface area contributed by atoms with Crippen LogP contribution < -0.4 is 24.8 Å². The Morgan fingerprint density at radius 3 is 1.89 bits per heavy atom. The highest BCUT2D eigenvalue weighted by molar-refractivity contribution is 6.06. The first kappa shape index (κ1) is 25.4. The summed E-state index contributed by atoms with van der Waals surface area (Å²) < 4.78 is 16.9. The molecule has 0 bridgehead atoms. The Bertz CT molecular complexity index is 1160. The van der Waals surface area contributed by atoms with Gasteiger partial charge in [0.2, 0.25) is 5.91 Å². The van der Waals surface area contributed by atoms with Gasteiger partial charge in [0, 0.05) is 23.8 Å². The van der Waals surface area contributed by atoms with Crippen LogP contribution in [0.4, 0.5) is 11.4 Å². The number of carbonyl (C=O) groups is 2. The average molecular weight is 475 g/mol. The van der Waals surface area contributed by atoms with Crippen molar-refractivity contribution >= 4 is 29.3 Å². The average Bonchev–Trinajstić information content (AvgIpc) is 2.87. The number of carbonyl (C=O) groups excluding carboxylic acids is 2. The Morgan fingerprint density at radius 1 is 0.743 bits per heavy atom. The summed E-state index contributed by atoms with van der Waals surface area (Å²) in [5.74, 6) is 1.01. The molecule has 35 heavy (non-hydrogen) atoms. The van der Waals surface area contributed by atoms with Gasteiger partial charge in [0.05, 0.1) is 31.2 Å². The summed E-state index contributed by atoms with van der Waals surface area (Å²) in [6, 6.07) is 19.6. The van der Waals surface area contributed by atoms with Crippen molar-refractivity contribution in [3.8, 4) is 17.2 Å². The van der Waals surface area contributed by atoms with Crippen LogP contribution in [0.2, 0.25) is 0 Å². The van der Waals surface area contributed by atoms with Crippen LogP contribution in [0.15, 0.2) is 72.8 Å². The normalized spacial score (nSPS) is 10.6. The minimum absolute atomic E-state index is 0.274. The Labute approximate surface area is 205 Å². The van der Waals surface area contributed by atoms with Crippen molar-refractivity contribution in [1.29, 1.82) is 0 Å². The Balaban J connectivity index is 1.80. The largest absolute Gasteiger partial charge is 0.494 e. The third-order valence-corrected chi connectivity index (χ3v) is 4.84. The molecule has 0 saturated carbocycles. The summed E-state index contributed by atoms with van der Waals surface area (Å²) in [6.45, 7) is 6.97. The number of amides is 2. The summed E-state index contributed by atoms with van der Waals surface area (Å²) in [5.41, 5.74) is 2.27. The van der Waals surface area contributed by atoms with Gasteiger partial charge >= 0.3 is 0 Å². The molecule has 3 aromatic rings. The molecule has 0 atom stereocenters. The molecule has 2 amide bonds. The van der Waals surface area contributed by atoms with Crippen LogP contribution in [0, 0.1) is 0 Å². The van der Waals surface area contributed by atoms with Crippen LogP contribution >= 0.6 is 0 Å². The maximum atomic E-state index is 12.7. The predicted molar refractivity (Wildman–Crippen MR) is 138 cm³/mol. The smallest absolute Gasteiger partial charge is 0.255 e. The molecule has 7 heteroatoms. The maximum absolute atomic E-state index is 12.7. The summed E-state index contributed by atoms with van der Waals surface area (Å²) in [7, 11) is 0. The number of anilines is 2. The molecule has 0 radical (unpaired) electrons. The van der Waals surface area contributed by atoms with Gasteiger partial charge in [-0.05, 0) is 56.7 Å². The summed E-state index contributed by atoms with van der Waals surface area (Å²) in [4.78, 5) is 25.3. The lowest BCUT2D eigenvalue weighted by Gasteiger charge is -2.17. The van der Waals surface area contributed by atoms with Crippen molar-refractivity contribution in [1.82, 2.24) is 0 Å². The molecular weight excluding hydrogens is 444 g/mol.